The summed E-state index contributed by atoms with van der Waals surface area (Å²) in [5.41, 5.74) is 0.896. The Morgan fingerprint density at radius 2 is 1.89 bits per heavy atom. The molecule has 0 radical (unpaired) electrons. The quantitative estimate of drug-likeness (QED) is 0.538. The van der Waals surface area contributed by atoms with Crippen LogP contribution in [0.4, 0.5) is 0 Å². The number of hydrogen-bond acceptors (Lipinski definition) is 6. The second-order valence-electron chi connectivity index (χ2n) is 5.84. The van der Waals surface area contributed by atoms with Crippen molar-refractivity contribution in [1.29, 1.82) is 0 Å². The second kappa shape index (κ2) is 8.01. The molecule has 2 unspecified atom stereocenters. The van der Waals surface area contributed by atoms with E-state index in [2.05, 4.69) is 5.32 Å². The molecule has 0 spiro atoms. The molecule has 1 aliphatic rings. The van der Waals surface area contributed by atoms with E-state index in [1.807, 2.05) is 42.5 Å². The van der Waals surface area contributed by atoms with Gasteiger partial charge in [-0.25, -0.2) is 4.98 Å². The van der Waals surface area contributed by atoms with E-state index in [4.69, 9.17) is 28.2 Å². The number of para-hydroxylation sites is 1. The van der Waals surface area contributed by atoms with Crippen molar-refractivity contribution in [3.8, 4) is 0 Å². The summed E-state index contributed by atoms with van der Waals surface area (Å²) in [6.45, 7) is 0. The van der Waals surface area contributed by atoms with Crippen LogP contribution in [0.25, 0.3) is 17.0 Å². The minimum Gasteiger partial charge on any atom is -0.374 e. The first-order chi connectivity index (χ1) is 13.0. The first-order valence-electron chi connectivity index (χ1n) is 8.03. The van der Waals surface area contributed by atoms with E-state index in [0.29, 0.717) is 15.0 Å². The van der Waals surface area contributed by atoms with Gasteiger partial charge in [0.05, 0.1) is 15.6 Å². The topological polar surface area (TPSA) is 65.4 Å². The number of thioether (sulfide) groups is 1. The number of fused-ring (bicyclic) bond motifs is 1. The predicted octanol–water partition coefficient (Wildman–Crippen LogP) is 4.96. The first kappa shape index (κ1) is 19.1. The molecule has 138 valence electrons. The Labute approximate surface area is 174 Å². The molecule has 1 saturated heterocycles. The van der Waals surface area contributed by atoms with Gasteiger partial charge < -0.3 is 10.2 Å². The van der Waals surface area contributed by atoms with Crippen LogP contribution in [-0.2, 0) is 0 Å². The maximum Gasteiger partial charge on any atom is 0.159 e. The highest BCUT2D eigenvalue weighted by molar-refractivity contribution is 8.04. The fourth-order valence-corrected chi connectivity index (χ4v) is 4.79. The highest BCUT2D eigenvalue weighted by Crippen LogP contribution is 2.37. The Bertz CT molecular complexity index is 1050. The van der Waals surface area contributed by atoms with E-state index >= 15 is 0 Å². The molecule has 27 heavy (non-hydrogen) atoms. The monoisotopic (exact) mass is 436 g/mol. The van der Waals surface area contributed by atoms with Gasteiger partial charge in [0.2, 0.25) is 0 Å². The molecule has 4 rings (SSSR count). The van der Waals surface area contributed by atoms with Crippen molar-refractivity contribution in [2.24, 2.45) is 0 Å². The number of hydrogen-bond donors (Lipinski definition) is 3. The Balaban J connectivity index is 1.79. The molecule has 2 heterocycles. The van der Waals surface area contributed by atoms with Gasteiger partial charge in [0.15, 0.2) is 5.56 Å². The summed E-state index contributed by atoms with van der Waals surface area (Å²) >= 11 is 14.8. The molecular weight excluding hydrogens is 423 g/mol. The lowest BCUT2D eigenvalue weighted by atomic mass is 10.1. The van der Waals surface area contributed by atoms with Crippen molar-refractivity contribution >= 4 is 63.7 Å². The molecule has 0 aliphatic carbocycles. The SMILES string of the molecule is OC1NC(O)/C(=C/c2cc3ccccc3nc2Sc2ccc(Cl)c(Cl)c2)S1. The van der Waals surface area contributed by atoms with Crippen LogP contribution in [0.3, 0.4) is 0 Å². The van der Waals surface area contributed by atoms with Crippen molar-refractivity contribution in [3.05, 3.63) is 69.0 Å². The predicted molar refractivity (Wildman–Crippen MR) is 113 cm³/mol. The van der Waals surface area contributed by atoms with Gasteiger partial charge in [-0.1, -0.05) is 64.9 Å². The molecule has 0 bridgehead atoms. The maximum absolute atomic E-state index is 10.1. The summed E-state index contributed by atoms with van der Waals surface area (Å²) in [4.78, 5) is 6.32. The van der Waals surface area contributed by atoms with Gasteiger partial charge in [-0.3, -0.25) is 5.32 Å². The smallest absolute Gasteiger partial charge is 0.159 e. The minimum absolute atomic E-state index is 0.483. The number of nitrogens with zero attached hydrogens (tertiary/aromatic N) is 1. The van der Waals surface area contributed by atoms with Crippen LogP contribution >= 0.6 is 46.7 Å². The van der Waals surface area contributed by atoms with Gasteiger partial charge in [-0.15, -0.1) is 0 Å². The molecular formula is C19H14Cl2N2O2S2. The lowest BCUT2D eigenvalue weighted by molar-refractivity contribution is 0.127. The van der Waals surface area contributed by atoms with Gasteiger partial charge in [0.25, 0.3) is 0 Å². The number of benzene rings is 2. The molecule has 0 amide bonds. The fourth-order valence-electron chi connectivity index (χ4n) is 2.66. The molecule has 4 nitrogen and oxygen atoms in total. The number of halogens is 2. The van der Waals surface area contributed by atoms with Gasteiger partial charge in [0, 0.05) is 20.8 Å². The Hall–Kier alpha value is -1.25. The number of nitrogens with one attached hydrogen (secondary N) is 1. The number of rotatable bonds is 3. The van der Waals surface area contributed by atoms with Crippen LogP contribution in [-0.4, -0.2) is 27.0 Å². The summed E-state index contributed by atoms with van der Waals surface area (Å²) in [7, 11) is 0. The number of aliphatic hydroxyl groups is 2. The lowest BCUT2D eigenvalue weighted by Gasteiger charge is -2.10. The zero-order chi connectivity index (χ0) is 19.0. The van der Waals surface area contributed by atoms with Crippen molar-refractivity contribution in [2.75, 3.05) is 0 Å². The summed E-state index contributed by atoms with van der Waals surface area (Å²) in [6, 6.07) is 15.3. The molecule has 2 aromatic carbocycles. The normalized spacial score (nSPS) is 21.3. The summed E-state index contributed by atoms with van der Waals surface area (Å²) in [5.74, 6) is 0. The highest BCUT2D eigenvalue weighted by atomic mass is 35.5. The molecule has 2 atom stereocenters. The second-order valence-corrected chi connectivity index (χ2v) is 8.87. The van der Waals surface area contributed by atoms with Crippen LogP contribution in [0.1, 0.15) is 5.56 Å². The van der Waals surface area contributed by atoms with Gasteiger partial charge in [0.1, 0.15) is 11.3 Å². The van der Waals surface area contributed by atoms with E-state index in [1.54, 1.807) is 12.1 Å². The molecule has 0 saturated carbocycles. The zero-order valence-corrected chi connectivity index (χ0v) is 16.9. The van der Waals surface area contributed by atoms with Crippen LogP contribution in [0.5, 0.6) is 0 Å². The minimum atomic E-state index is -0.903. The summed E-state index contributed by atoms with van der Waals surface area (Å²) < 4.78 is 0. The Morgan fingerprint density at radius 1 is 1.07 bits per heavy atom. The average Bonchev–Trinajstić information content (AvgIpc) is 2.95. The van der Waals surface area contributed by atoms with Crippen molar-refractivity contribution < 1.29 is 10.2 Å². The standard InChI is InChI=1S/C19H14Cl2N2O2S2/c20-13-6-5-12(9-14(13)21)26-18-11(8-16-17(24)23-19(25)27-16)7-10-3-1-2-4-15(10)22-18/h1-9,17,19,23-25H/b16-8-. The van der Waals surface area contributed by atoms with E-state index in [1.165, 1.54) is 23.5 Å². The van der Waals surface area contributed by atoms with Crippen LogP contribution in [0.15, 0.2) is 63.4 Å². The van der Waals surface area contributed by atoms with Crippen molar-refractivity contribution in [1.82, 2.24) is 10.3 Å². The Morgan fingerprint density at radius 3 is 2.63 bits per heavy atom. The van der Waals surface area contributed by atoms with E-state index < -0.39 is 11.8 Å². The fraction of sp³-hybridized carbons (Fsp3) is 0.105. The molecule has 1 fully saturated rings. The largest absolute Gasteiger partial charge is 0.374 e. The average molecular weight is 437 g/mol. The number of aliphatic hydroxyl groups excluding tert-OH is 2. The molecule has 3 aromatic rings. The Kier molecular flexibility index (Phi) is 5.66. The van der Waals surface area contributed by atoms with Gasteiger partial charge >= 0.3 is 0 Å². The maximum atomic E-state index is 10.1. The molecule has 1 aliphatic heterocycles. The van der Waals surface area contributed by atoms with Crippen molar-refractivity contribution in [2.45, 2.75) is 21.7 Å². The third-order valence-corrected chi connectivity index (χ3v) is 6.66. The highest BCUT2D eigenvalue weighted by Gasteiger charge is 2.26. The number of aromatic nitrogens is 1. The van der Waals surface area contributed by atoms with E-state index in [-0.39, 0.29) is 0 Å². The summed E-state index contributed by atoms with van der Waals surface area (Å²) in [6.07, 6.45) is 0.942. The van der Waals surface area contributed by atoms with E-state index in [0.717, 1.165) is 26.4 Å². The zero-order valence-electron chi connectivity index (χ0n) is 13.8. The third kappa shape index (κ3) is 4.27. The summed E-state index contributed by atoms with van der Waals surface area (Å²) in [5, 5.41) is 25.1. The number of pyridine rings is 1. The van der Waals surface area contributed by atoms with Crippen LogP contribution < -0.4 is 5.32 Å². The molecule has 8 heteroatoms. The lowest BCUT2D eigenvalue weighted by Crippen LogP contribution is -2.28. The van der Waals surface area contributed by atoms with Gasteiger partial charge in [-0.05, 0) is 36.4 Å². The van der Waals surface area contributed by atoms with Crippen LogP contribution in [0.2, 0.25) is 10.0 Å². The van der Waals surface area contributed by atoms with Gasteiger partial charge in [-0.2, -0.15) is 0 Å². The van der Waals surface area contributed by atoms with Crippen molar-refractivity contribution in [3.63, 3.8) is 0 Å². The van der Waals surface area contributed by atoms with Crippen LogP contribution in [0, 0.1) is 0 Å². The van der Waals surface area contributed by atoms with E-state index in [9.17, 15) is 10.2 Å². The third-order valence-electron chi connectivity index (χ3n) is 3.94. The first-order valence-corrected chi connectivity index (χ1v) is 10.5. The molecule has 1 aromatic heterocycles. The molecule has 3 N–H and O–H groups in total.